The van der Waals surface area contributed by atoms with E-state index in [9.17, 15) is 14.7 Å². The molecule has 0 aliphatic carbocycles. The highest BCUT2D eigenvalue weighted by Gasteiger charge is 2.21. The van der Waals surface area contributed by atoms with Crippen molar-refractivity contribution >= 4 is 27.5 Å². The maximum Gasteiger partial charge on any atom is 0.326 e. The number of hydrogen-bond acceptors (Lipinski definition) is 4. The summed E-state index contributed by atoms with van der Waals surface area (Å²) in [6.45, 7) is 7.51. The van der Waals surface area contributed by atoms with E-state index in [1.54, 1.807) is 0 Å². The minimum atomic E-state index is -1.06. The zero-order valence-electron chi connectivity index (χ0n) is 14.0. The molecule has 0 amide bonds. The van der Waals surface area contributed by atoms with Crippen LogP contribution in [0.4, 0.5) is 0 Å². The van der Waals surface area contributed by atoms with Crippen molar-refractivity contribution in [3.8, 4) is 11.1 Å². The molecule has 1 atom stereocenters. The van der Waals surface area contributed by atoms with Crippen LogP contribution in [0.5, 0.6) is 0 Å². The fourth-order valence-corrected chi connectivity index (χ4v) is 3.76. The molecule has 0 spiro atoms. The van der Waals surface area contributed by atoms with Crippen molar-refractivity contribution in [3.05, 3.63) is 50.9 Å². The molecule has 3 aromatic rings. The van der Waals surface area contributed by atoms with Crippen LogP contribution in [0.1, 0.15) is 29.0 Å². The minimum Gasteiger partial charge on any atom is -0.480 e. The number of aliphatic carboxylic acids is 1. The second-order valence-electron chi connectivity index (χ2n) is 5.98. The van der Waals surface area contributed by atoms with Gasteiger partial charge in [-0.1, -0.05) is 18.2 Å². The monoisotopic (exact) mass is 342 g/mol. The Hall–Kier alpha value is -2.47. The maximum atomic E-state index is 12.9. The molecule has 0 saturated carbocycles. The first-order valence-corrected chi connectivity index (χ1v) is 8.43. The number of benzene rings is 1. The van der Waals surface area contributed by atoms with Gasteiger partial charge in [-0.3, -0.25) is 9.36 Å². The summed E-state index contributed by atoms with van der Waals surface area (Å²) in [7, 11) is 0. The molecule has 24 heavy (non-hydrogen) atoms. The van der Waals surface area contributed by atoms with Crippen LogP contribution in [0, 0.1) is 20.8 Å². The van der Waals surface area contributed by atoms with Crippen molar-refractivity contribution in [1.29, 1.82) is 0 Å². The fraction of sp³-hybridized carbons (Fsp3) is 0.278. The number of carboxylic acids is 1. The van der Waals surface area contributed by atoms with Crippen LogP contribution in [0.3, 0.4) is 0 Å². The number of thiophene rings is 1. The third-order valence-electron chi connectivity index (χ3n) is 4.38. The van der Waals surface area contributed by atoms with Crippen LogP contribution in [0.2, 0.25) is 0 Å². The summed E-state index contributed by atoms with van der Waals surface area (Å²) in [6, 6.07) is 5.12. The second-order valence-corrected chi connectivity index (χ2v) is 7.19. The molecule has 1 N–H and O–H groups in total. The average molecular weight is 342 g/mol. The van der Waals surface area contributed by atoms with Crippen LogP contribution >= 0.6 is 11.3 Å². The number of carboxylic acid groups (broad SMARTS) is 1. The predicted octanol–water partition coefficient (Wildman–Crippen LogP) is 3.70. The van der Waals surface area contributed by atoms with Crippen molar-refractivity contribution in [2.75, 3.05) is 0 Å². The van der Waals surface area contributed by atoms with Crippen molar-refractivity contribution in [2.24, 2.45) is 0 Å². The zero-order valence-corrected chi connectivity index (χ0v) is 14.8. The highest BCUT2D eigenvalue weighted by Crippen LogP contribution is 2.36. The maximum absolute atomic E-state index is 12.9. The number of fused-ring (bicyclic) bond motifs is 1. The van der Waals surface area contributed by atoms with Crippen molar-refractivity contribution < 1.29 is 9.90 Å². The van der Waals surface area contributed by atoms with Gasteiger partial charge < -0.3 is 5.11 Å². The smallest absolute Gasteiger partial charge is 0.326 e. The van der Waals surface area contributed by atoms with E-state index in [0.717, 1.165) is 21.6 Å². The molecular weight excluding hydrogens is 324 g/mol. The summed E-state index contributed by atoms with van der Waals surface area (Å²) in [4.78, 5) is 30.1. The second kappa shape index (κ2) is 5.87. The first-order valence-electron chi connectivity index (χ1n) is 7.62. The Kier molecular flexibility index (Phi) is 4.01. The van der Waals surface area contributed by atoms with E-state index in [4.69, 9.17) is 0 Å². The van der Waals surface area contributed by atoms with Gasteiger partial charge in [0.05, 0.1) is 11.7 Å². The summed E-state index contributed by atoms with van der Waals surface area (Å²) in [5.74, 6) is -1.06. The zero-order chi connectivity index (χ0) is 17.6. The molecule has 0 radical (unpaired) electrons. The van der Waals surface area contributed by atoms with Gasteiger partial charge in [0.2, 0.25) is 0 Å². The Labute approximate surface area is 143 Å². The average Bonchev–Trinajstić information content (AvgIpc) is 2.87. The predicted molar refractivity (Wildman–Crippen MR) is 95.9 cm³/mol. The minimum absolute atomic E-state index is 0.313. The largest absolute Gasteiger partial charge is 0.480 e. The fourth-order valence-electron chi connectivity index (χ4n) is 2.75. The lowest BCUT2D eigenvalue weighted by atomic mass is 9.99. The molecule has 5 nitrogen and oxygen atoms in total. The number of hydrogen-bond donors (Lipinski definition) is 1. The highest BCUT2D eigenvalue weighted by atomic mass is 32.1. The van der Waals surface area contributed by atoms with Gasteiger partial charge in [0, 0.05) is 10.4 Å². The molecule has 3 rings (SSSR count). The van der Waals surface area contributed by atoms with E-state index in [2.05, 4.69) is 11.1 Å². The van der Waals surface area contributed by atoms with E-state index in [0.29, 0.717) is 10.2 Å². The molecule has 1 aromatic carbocycles. The SMILES string of the molecule is Cc1ccc(-c2c(C)sc3ncn([C@H](C)C(=O)O)c(=O)c23)cc1C. The topological polar surface area (TPSA) is 72.2 Å². The third kappa shape index (κ3) is 2.53. The Balaban J connectivity index is 2.34. The van der Waals surface area contributed by atoms with Gasteiger partial charge in [-0.05, 0) is 44.4 Å². The van der Waals surface area contributed by atoms with Crippen molar-refractivity contribution in [1.82, 2.24) is 9.55 Å². The van der Waals surface area contributed by atoms with Gasteiger partial charge in [0.25, 0.3) is 5.56 Å². The van der Waals surface area contributed by atoms with Gasteiger partial charge in [-0.25, -0.2) is 9.78 Å². The number of nitrogens with zero attached hydrogens (tertiary/aromatic N) is 2. The first-order chi connectivity index (χ1) is 11.3. The Bertz CT molecular complexity index is 1020. The molecule has 2 aromatic heterocycles. The summed E-state index contributed by atoms with van der Waals surface area (Å²) in [5.41, 5.74) is 3.83. The molecule has 2 heterocycles. The van der Waals surface area contributed by atoms with Gasteiger partial charge in [-0.2, -0.15) is 0 Å². The van der Waals surface area contributed by atoms with Gasteiger partial charge in [-0.15, -0.1) is 11.3 Å². The van der Waals surface area contributed by atoms with Crippen molar-refractivity contribution in [2.45, 2.75) is 33.7 Å². The Morgan fingerprint density at radius 3 is 2.58 bits per heavy atom. The Morgan fingerprint density at radius 2 is 1.96 bits per heavy atom. The van der Waals surface area contributed by atoms with Crippen LogP contribution in [-0.4, -0.2) is 20.6 Å². The lowest BCUT2D eigenvalue weighted by Gasteiger charge is -2.10. The molecule has 0 fully saturated rings. The van der Waals surface area contributed by atoms with Crippen LogP contribution < -0.4 is 5.56 Å². The lowest BCUT2D eigenvalue weighted by molar-refractivity contribution is -0.140. The summed E-state index contributed by atoms with van der Waals surface area (Å²) < 4.78 is 1.18. The normalized spacial score (nSPS) is 12.5. The van der Waals surface area contributed by atoms with E-state index in [1.807, 2.05) is 32.9 Å². The molecule has 6 heteroatoms. The molecule has 0 saturated heterocycles. The molecule has 124 valence electrons. The number of aromatic nitrogens is 2. The summed E-state index contributed by atoms with van der Waals surface area (Å²) >= 11 is 1.45. The molecule has 0 aliphatic rings. The van der Waals surface area contributed by atoms with E-state index >= 15 is 0 Å². The van der Waals surface area contributed by atoms with Gasteiger partial charge in [0.15, 0.2) is 0 Å². The van der Waals surface area contributed by atoms with Crippen LogP contribution in [-0.2, 0) is 4.79 Å². The standard InChI is InChI=1S/C18H18N2O3S/c1-9-5-6-13(7-10(9)2)14-12(4)24-16-15(14)17(21)20(8-19-16)11(3)18(22)23/h5-8,11H,1-4H3,(H,22,23)/t11-/m1/s1. The van der Waals surface area contributed by atoms with Crippen molar-refractivity contribution in [3.63, 3.8) is 0 Å². The summed E-state index contributed by atoms with van der Waals surface area (Å²) in [5, 5.41) is 9.70. The van der Waals surface area contributed by atoms with E-state index in [1.165, 1.54) is 34.7 Å². The number of rotatable bonds is 3. The molecule has 0 unspecified atom stereocenters. The van der Waals surface area contributed by atoms with Gasteiger partial charge in [0.1, 0.15) is 10.9 Å². The van der Waals surface area contributed by atoms with E-state index in [-0.39, 0.29) is 5.56 Å². The quantitative estimate of drug-likeness (QED) is 0.788. The van der Waals surface area contributed by atoms with Gasteiger partial charge >= 0.3 is 5.97 Å². The third-order valence-corrected chi connectivity index (χ3v) is 5.40. The summed E-state index contributed by atoms with van der Waals surface area (Å²) in [6.07, 6.45) is 1.32. The molecule has 0 bridgehead atoms. The van der Waals surface area contributed by atoms with Crippen LogP contribution in [0.25, 0.3) is 21.3 Å². The molecule has 0 aliphatic heterocycles. The number of aryl methyl sites for hydroxylation is 3. The van der Waals surface area contributed by atoms with Crippen LogP contribution in [0.15, 0.2) is 29.3 Å². The Morgan fingerprint density at radius 1 is 1.25 bits per heavy atom. The first kappa shape index (κ1) is 16.4. The number of carbonyl (C=O) groups is 1. The lowest BCUT2D eigenvalue weighted by Crippen LogP contribution is -2.28. The molecular formula is C18H18N2O3S. The highest BCUT2D eigenvalue weighted by molar-refractivity contribution is 7.19. The van der Waals surface area contributed by atoms with E-state index < -0.39 is 12.0 Å².